The third-order valence-corrected chi connectivity index (χ3v) is 3.25. The van der Waals surface area contributed by atoms with Gasteiger partial charge in [-0.15, -0.1) is 11.3 Å². The van der Waals surface area contributed by atoms with E-state index in [0.717, 1.165) is 36.2 Å². The molecule has 0 aromatic carbocycles. The Morgan fingerprint density at radius 2 is 2.12 bits per heavy atom. The fourth-order valence-corrected chi connectivity index (χ4v) is 2.24. The number of nitrogens with one attached hydrogen (secondary N) is 2. The summed E-state index contributed by atoms with van der Waals surface area (Å²) in [5.74, 6) is 0.854. The summed E-state index contributed by atoms with van der Waals surface area (Å²) < 4.78 is 0. The van der Waals surface area contributed by atoms with E-state index in [0.29, 0.717) is 0 Å². The SMILES string of the molecule is CCCNC(=NC)NCc1sc(C)nc1C. The largest absolute Gasteiger partial charge is 0.356 e. The van der Waals surface area contributed by atoms with E-state index in [-0.39, 0.29) is 0 Å². The van der Waals surface area contributed by atoms with E-state index in [1.807, 2.05) is 13.8 Å². The summed E-state index contributed by atoms with van der Waals surface area (Å²) in [5.41, 5.74) is 1.11. The summed E-state index contributed by atoms with van der Waals surface area (Å²) in [6, 6.07) is 0. The molecule has 0 fully saturated rings. The number of nitrogens with zero attached hydrogens (tertiary/aromatic N) is 2. The molecule has 2 N–H and O–H groups in total. The molecule has 5 heteroatoms. The van der Waals surface area contributed by atoms with Crippen LogP contribution in [0.15, 0.2) is 4.99 Å². The molecule has 0 atom stereocenters. The maximum Gasteiger partial charge on any atom is 0.191 e. The van der Waals surface area contributed by atoms with Gasteiger partial charge in [0, 0.05) is 18.5 Å². The van der Waals surface area contributed by atoms with Gasteiger partial charge in [-0.2, -0.15) is 0 Å². The summed E-state index contributed by atoms with van der Waals surface area (Å²) in [6.45, 7) is 7.95. The van der Waals surface area contributed by atoms with Gasteiger partial charge in [-0.25, -0.2) is 4.98 Å². The second kappa shape index (κ2) is 6.48. The van der Waals surface area contributed by atoms with Crippen LogP contribution in [-0.2, 0) is 6.54 Å². The van der Waals surface area contributed by atoms with Crippen molar-refractivity contribution < 1.29 is 0 Å². The topological polar surface area (TPSA) is 49.3 Å². The fraction of sp³-hybridized carbons (Fsp3) is 0.636. The fourth-order valence-electron chi connectivity index (χ4n) is 1.37. The number of thiazole rings is 1. The Morgan fingerprint density at radius 3 is 2.62 bits per heavy atom. The van der Waals surface area contributed by atoms with E-state index in [4.69, 9.17) is 0 Å². The Balaban J connectivity index is 2.46. The van der Waals surface area contributed by atoms with Crippen LogP contribution in [0.2, 0.25) is 0 Å². The molecule has 0 spiro atoms. The molecular formula is C11H20N4S. The van der Waals surface area contributed by atoms with Gasteiger partial charge in [-0.05, 0) is 20.3 Å². The summed E-state index contributed by atoms with van der Waals surface area (Å²) in [7, 11) is 1.79. The number of aliphatic imine (C=N–C) groups is 1. The number of hydrogen-bond donors (Lipinski definition) is 2. The molecule has 1 aromatic rings. The lowest BCUT2D eigenvalue weighted by atomic mass is 10.4. The van der Waals surface area contributed by atoms with E-state index in [9.17, 15) is 0 Å². The molecular weight excluding hydrogens is 220 g/mol. The molecule has 0 amide bonds. The lowest BCUT2D eigenvalue weighted by molar-refractivity contribution is 0.783. The zero-order chi connectivity index (χ0) is 12.0. The zero-order valence-electron chi connectivity index (χ0n) is 10.4. The lowest BCUT2D eigenvalue weighted by Gasteiger charge is -2.10. The summed E-state index contributed by atoms with van der Waals surface area (Å²) in [6.07, 6.45) is 1.10. The maximum absolute atomic E-state index is 4.40. The second-order valence-electron chi connectivity index (χ2n) is 3.59. The van der Waals surface area contributed by atoms with E-state index >= 15 is 0 Å². The van der Waals surface area contributed by atoms with Gasteiger partial charge in [0.1, 0.15) is 0 Å². The molecule has 90 valence electrons. The van der Waals surface area contributed by atoms with Crippen LogP contribution in [-0.4, -0.2) is 24.5 Å². The number of guanidine groups is 1. The molecule has 4 nitrogen and oxygen atoms in total. The van der Waals surface area contributed by atoms with Crippen LogP contribution in [0.25, 0.3) is 0 Å². The van der Waals surface area contributed by atoms with Crippen molar-refractivity contribution in [2.24, 2.45) is 4.99 Å². The molecule has 1 aromatic heterocycles. The van der Waals surface area contributed by atoms with Gasteiger partial charge in [0.05, 0.1) is 17.2 Å². The molecule has 16 heavy (non-hydrogen) atoms. The van der Waals surface area contributed by atoms with Crippen LogP contribution in [0.4, 0.5) is 0 Å². The quantitative estimate of drug-likeness (QED) is 0.623. The van der Waals surface area contributed by atoms with E-state index in [1.165, 1.54) is 4.88 Å². The summed E-state index contributed by atoms with van der Waals surface area (Å²) in [4.78, 5) is 9.83. The van der Waals surface area contributed by atoms with Gasteiger partial charge in [-0.1, -0.05) is 6.92 Å². The molecule has 0 unspecified atom stereocenters. The number of rotatable bonds is 4. The van der Waals surface area contributed by atoms with Crippen molar-refractivity contribution in [2.45, 2.75) is 33.7 Å². The molecule has 0 radical (unpaired) electrons. The van der Waals surface area contributed by atoms with E-state index in [2.05, 4.69) is 27.5 Å². The molecule has 0 saturated heterocycles. The van der Waals surface area contributed by atoms with Crippen molar-refractivity contribution in [1.29, 1.82) is 0 Å². The second-order valence-corrected chi connectivity index (χ2v) is 4.88. The van der Waals surface area contributed by atoms with Crippen molar-refractivity contribution >= 4 is 17.3 Å². The highest BCUT2D eigenvalue weighted by molar-refractivity contribution is 7.11. The van der Waals surface area contributed by atoms with Crippen LogP contribution in [0, 0.1) is 13.8 Å². The Morgan fingerprint density at radius 1 is 1.38 bits per heavy atom. The Labute approximate surface area is 101 Å². The first-order valence-corrected chi connectivity index (χ1v) is 6.36. The third kappa shape index (κ3) is 3.81. The molecule has 0 saturated carbocycles. The summed E-state index contributed by atoms with van der Waals surface area (Å²) in [5, 5.41) is 7.64. The van der Waals surface area contributed by atoms with Gasteiger partial charge in [0.25, 0.3) is 0 Å². The van der Waals surface area contributed by atoms with Crippen LogP contribution in [0.1, 0.15) is 28.9 Å². The lowest BCUT2D eigenvalue weighted by Crippen LogP contribution is -2.37. The Bertz CT molecular complexity index is 357. The highest BCUT2D eigenvalue weighted by Crippen LogP contribution is 2.16. The van der Waals surface area contributed by atoms with Gasteiger partial charge in [-0.3, -0.25) is 4.99 Å². The molecule has 0 bridgehead atoms. The molecule has 1 rings (SSSR count). The minimum absolute atomic E-state index is 0.792. The monoisotopic (exact) mass is 240 g/mol. The average Bonchev–Trinajstić information content (AvgIpc) is 2.58. The predicted molar refractivity (Wildman–Crippen MR) is 70.1 cm³/mol. The smallest absolute Gasteiger partial charge is 0.191 e. The van der Waals surface area contributed by atoms with Gasteiger partial charge in [0.2, 0.25) is 0 Å². The molecule has 0 aliphatic rings. The van der Waals surface area contributed by atoms with Crippen LogP contribution >= 0.6 is 11.3 Å². The highest BCUT2D eigenvalue weighted by atomic mass is 32.1. The van der Waals surface area contributed by atoms with Crippen LogP contribution in [0.5, 0.6) is 0 Å². The first kappa shape index (κ1) is 13.0. The maximum atomic E-state index is 4.40. The van der Waals surface area contributed by atoms with Crippen molar-refractivity contribution in [3.05, 3.63) is 15.6 Å². The number of aryl methyl sites for hydroxylation is 2. The van der Waals surface area contributed by atoms with Crippen molar-refractivity contribution in [3.8, 4) is 0 Å². The van der Waals surface area contributed by atoms with Gasteiger partial charge >= 0.3 is 0 Å². The first-order valence-electron chi connectivity index (χ1n) is 5.54. The Kier molecular flexibility index (Phi) is 5.25. The first-order chi connectivity index (χ1) is 7.67. The number of hydrogen-bond acceptors (Lipinski definition) is 3. The molecule has 0 aliphatic heterocycles. The highest BCUT2D eigenvalue weighted by Gasteiger charge is 2.05. The standard InChI is InChI=1S/C11H20N4S/c1-5-6-13-11(12-4)14-7-10-8(2)15-9(3)16-10/h5-7H2,1-4H3,(H2,12,13,14). The van der Waals surface area contributed by atoms with Crippen molar-refractivity contribution in [1.82, 2.24) is 15.6 Å². The molecule has 0 aliphatic carbocycles. The van der Waals surface area contributed by atoms with Crippen LogP contribution < -0.4 is 10.6 Å². The van der Waals surface area contributed by atoms with E-state index in [1.54, 1.807) is 18.4 Å². The van der Waals surface area contributed by atoms with Gasteiger partial charge < -0.3 is 10.6 Å². The van der Waals surface area contributed by atoms with Crippen molar-refractivity contribution in [2.75, 3.05) is 13.6 Å². The van der Waals surface area contributed by atoms with Gasteiger partial charge in [0.15, 0.2) is 5.96 Å². The van der Waals surface area contributed by atoms with Crippen molar-refractivity contribution in [3.63, 3.8) is 0 Å². The number of aromatic nitrogens is 1. The molecule has 1 heterocycles. The van der Waals surface area contributed by atoms with Crippen LogP contribution in [0.3, 0.4) is 0 Å². The minimum atomic E-state index is 0.792. The zero-order valence-corrected chi connectivity index (χ0v) is 11.2. The normalized spacial score (nSPS) is 11.6. The summed E-state index contributed by atoms with van der Waals surface area (Å²) >= 11 is 1.73. The predicted octanol–water partition coefficient (Wildman–Crippen LogP) is 1.83. The minimum Gasteiger partial charge on any atom is -0.356 e. The van der Waals surface area contributed by atoms with E-state index < -0.39 is 0 Å². The third-order valence-electron chi connectivity index (χ3n) is 2.18. The average molecular weight is 240 g/mol. The Hall–Kier alpha value is -1.10.